The van der Waals surface area contributed by atoms with Crippen LogP contribution in [0.15, 0.2) is 0 Å². The van der Waals surface area contributed by atoms with Gasteiger partial charge in [0.15, 0.2) is 0 Å². The molecule has 17 heavy (non-hydrogen) atoms. The summed E-state index contributed by atoms with van der Waals surface area (Å²) in [7, 11) is 0. The van der Waals surface area contributed by atoms with Crippen molar-refractivity contribution in [3.8, 4) is 0 Å². The second-order valence-electron chi connectivity index (χ2n) is 5.46. The fourth-order valence-corrected chi connectivity index (χ4v) is 2.57. The van der Waals surface area contributed by atoms with Crippen molar-refractivity contribution in [2.24, 2.45) is 17.8 Å². The Morgan fingerprint density at radius 3 is 2.53 bits per heavy atom. The summed E-state index contributed by atoms with van der Waals surface area (Å²) in [6, 6.07) is 0.0269. The molecule has 0 aromatic rings. The molecule has 0 radical (unpaired) electrons. The molecule has 3 unspecified atom stereocenters. The van der Waals surface area contributed by atoms with Crippen molar-refractivity contribution in [1.29, 1.82) is 0 Å². The van der Waals surface area contributed by atoms with Gasteiger partial charge in [0.2, 0.25) is 5.91 Å². The first-order valence-corrected chi connectivity index (χ1v) is 6.56. The molecule has 96 valence electrons. The van der Waals surface area contributed by atoms with Gasteiger partial charge in [-0.1, -0.05) is 6.92 Å². The van der Waals surface area contributed by atoms with E-state index in [1.165, 1.54) is 12.8 Å². The third-order valence-corrected chi connectivity index (χ3v) is 4.10. The average Bonchev–Trinajstić information content (AvgIpc) is 3.14. The summed E-state index contributed by atoms with van der Waals surface area (Å²) in [5, 5.41) is 8.87. The Morgan fingerprint density at radius 1 is 1.41 bits per heavy atom. The van der Waals surface area contributed by atoms with Crippen LogP contribution in [0.25, 0.3) is 0 Å². The molecule has 0 bridgehead atoms. The summed E-state index contributed by atoms with van der Waals surface area (Å²) >= 11 is 0. The van der Waals surface area contributed by atoms with Crippen molar-refractivity contribution in [3.63, 3.8) is 0 Å². The van der Waals surface area contributed by atoms with E-state index in [1.54, 1.807) is 4.90 Å². The van der Waals surface area contributed by atoms with Crippen molar-refractivity contribution >= 4 is 11.9 Å². The first kappa shape index (κ1) is 12.4. The lowest BCUT2D eigenvalue weighted by Crippen LogP contribution is -2.43. The topological polar surface area (TPSA) is 57.6 Å². The minimum absolute atomic E-state index is 0.0269. The second-order valence-corrected chi connectivity index (χ2v) is 5.46. The number of aliphatic carboxylic acids is 1. The third-order valence-electron chi connectivity index (χ3n) is 4.10. The Kier molecular flexibility index (Phi) is 3.40. The molecule has 4 nitrogen and oxygen atoms in total. The number of carbonyl (C=O) groups is 2. The zero-order valence-electron chi connectivity index (χ0n) is 10.6. The first-order chi connectivity index (χ1) is 8.04. The zero-order valence-corrected chi connectivity index (χ0v) is 10.6. The summed E-state index contributed by atoms with van der Waals surface area (Å²) in [6.45, 7) is 3.76. The maximum absolute atomic E-state index is 12.2. The second kappa shape index (κ2) is 4.67. The van der Waals surface area contributed by atoms with Gasteiger partial charge in [0.25, 0.3) is 0 Å². The van der Waals surface area contributed by atoms with Gasteiger partial charge in [-0.2, -0.15) is 0 Å². The highest BCUT2D eigenvalue weighted by Crippen LogP contribution is 2.55. The van der Waals surface area contributed by atoms with E-state index >= 15 is 0 Å². The fourth-order valence-electron chi connectivity index (χ4n) is 2.57. The fraction of sp³-hybridized carbons (Fsp3) is 0.846. The van der Waals surface area contributed by atoms with Crippen LogP contribution in [0, 0.1) is 17.8 Å². The standard InChI is InChI=1S/C13H21NO3/c1-3-8(2)14(7-12(15)16)13(17)11-6-10(11)9-4-5-9/h8-11H,3-7H2,1-2H3,(H,15,16). The number of carboxylic acids is 1. The van der Waals surface area contributed by atoms with Gasteiger partial charge in [0.1, 0.15) is 6.54 Å². The Balaban J connectivity index is 1.94. The van der Waals surface area contributed by atoms with Crippen LogP contribution in [-0.4, -0.2) is 34.5 Å². The van der Waals surface area contributed by atoms with E-state index in [0.29, 0.717) is 5.92 Å². The van der Waals surface area contributed by atoms with E-state index in [1.807, 2.05) is 13.8 Å². The number of hydrogen-bond acceptors (Lipinski definition) is 2. The summed E-state index contributed by atoms with van der Waals surface area (Å²) in [5.41, 5.74) is 0. The zero-order chi connectivity index (χ0) is 12.6. The van der Waals surface area contributed by atoms with Gasteiger partial charge < -0.3 is 10.0 Å². The summed E-state index contributed by atoms with van der Waals surface area (Å²) in [6.07, 6.45) is 4.31. The molecular weight excluding hydrogens is 218 g/mol. The molecule has 0 aliphatic heterocycles. The SMILES string of the molecule is CCC(C)N(CC(=O)O)C(=O)C1CC1C1CC1. The molecule has 4 heteroatoms. The van der Waals surface area contributed by atoms with Crippen LogP contribution in [0.4, 0.5) is 0 Å². The van der Waals surface area contributed by atoms with Crippen LogP contribution >= 0.6 is 0 Å². The van der Waals surface area contributed by atoms with E-state index in [2.05, 4.69) is 0 Å². The highest BCUT2D eigenvalue weighted by atomic mass is 16.4. The Hall–Kier alpha value is -1.06. The monoisotopic (exact) mass is 239 g/mol. The van der Waals surface area contributed by atoms with Crippen molar-refractivity contribution < 1.29 is 14.7 Å². The molecule has 2 saturated carbocycles. The lowest BCUT2D eigenvalue weighted by molar-refractivity contribution is -0.146. The number of carboxylic acid groups (broad SMARTS) is 1. The van der Waals surface area contributed by atoms with Crippen LogP contribution in [0.2, 0.25) is 0 Å². The highest BCUT2D eigenvalue weighted by Gasteiger charge is 2.52. The van der Waals surface area contributed by atoms with Crippen LogP contribution in [0.3, 0.4) is 0 Å². The van der Waals surface area contributed by atoms with Crippen LogP contribution in [-0.2, 0) is 9.59 Å². The van der Waals surface area contributed by atoms with Crippen molar-refractivity contribution in [1.82, 2.24) is 4.90 Å². The van der Waals surface area contributed by atoms with Gasteiger partial charge in [0, 0.05) is 12.0 Å². The summed E-state index contributed by atoms with van der Waals surface area (Å²) in [5.74, 6) is 0.590. The molecule has 0 aromatic heterocycles. The predicted molar refractivity (Wildman–Crippen MR) is 63.4 cm³/mol. The molecule has 2 aliphatic rings. The normalized spacial score (nSPS) is 28.6. The van der Waals surface area contributed by atoms with Gasteiger partial charge in [-0.05, 0) is 44.4 Å². The summed E-state index contributed by atoms with van der Waals surface area (Å²) in [4.78, 5) is 24.6. The Morgan fingerprint density at radius 2 is 2.06 bits per heavy atom. The van der Waals surface area contributed by atoms with Gasteiger partial charge in [-0.15, -0.1) is 0 Å². The van der Waals surface area contributed by atoms with Crippen molar-refractivity contribution in [2.45, 2.75) is 45.6 Å². The number of rotatable bonds is 6. The average molecular weight is 239 g/mol. The van der Waals surface area contributed by atoms with E-state index in [-0.39, 0.29) is 24.4 Å². The molecular formula is C13H21NO3. The first-order valence-electron chi connectivity index (χ1n) is 6.56. The van der Waals surface area contributed by atoms with Gasteiger partial charge in [-0.25, -0.2) is 0 Å². The lowest BCUT2D eigenvalue weighted by atomic mass is 10.1. The molecule has 1 amide bonds. The molecule has 0 saturated heterocycles. The van der Waals surface area contributed by atoms with Crippen LogP contribution in [0.5, 0.6) is 0 Å². The van der Waals surface area contributed by atoms with E-state index in [4.69, 9.17) is 5.11 Å². The van der Waals surface area contributed by atoms with E-state index < -0.39 is 5.97 Å². The van der Waals surface area contributed by atoms with Crippen LogP contribution < -0.4 is 0 Å². The number of amides is 1. The maximum atomic E-state index is 12.2. The minimum Gasteiger partial charge on any atom is -0.480 e. The molecule has 2 rings (SSSR count). The van der Waals surface area contributed by atoms with Gasteiger partial charge in [0.05, 0.1) is 0 Å². The van der Waals surface area contributed by atoms with Crippen molar-refractivity contribution in [3.05, 3.63) is 0 Å². The van der Waals surface area contributed by atoms with Gasteiger partial charge >= 0.3 is 5.97 Å². The largest absolute Gasteiger partial charge is 0.480 e. The number of hydrogen-bond donors (Lipinski definition) is 1. The molecule has 2 aliphatic carbocycles. The number of nitrogens with zero attached hydrogens (tertiary/aromatic N) is 1. The third kappa shape index (κ3) is 2.79. The maximum Gasteiger partial charge on any atom is 0.323 e. The van der Waals surface area contributed by atoms with Crippen molar-refractivity contribution in [2.75, 3.05) is 6.54 Å². The Labute approximate surface area is 102 Å². The molecule has 3 atom stereocenters. The predicted octanol–water partition coefficient (Wildman–Crippen LogP) is 1.74. The quantitative estimate of drug-likeness (QED) is 0.768. The minimum atomic E-state index is -0.915. The Bertz CT molecular complexity index is 325. The highest BCUT2D eigenvalue weighted by molar-refractivity contribution is 5.85. The smallest absolute Gasteiger partial charge is 0.323 e. The molecule has 0 heterocycles. The lowest BCUT2D eigenvalue weighted by Gasteiger charge is -2.27. The number of carbonyl (C=O) groups excluding carboxylic acids is 1. The van der Waals surface area contributed by atoms with E-state index in [0.717, 1.165) is 18.8 Å². The van der Waals surface area contributed by atoms with Gasteiger partial charge in [-0.3, -0.25) is 9.59 Å². The molecule has 2 fully saturated rings. The molecule has 1 N–H and O–H groups in total. The summed E-state index contributed by atoms with van der Waals surface area (Å²) < 4.78 is 0. The van der Waals surface area contributed by atoms with Crippen LogP contribution in [0.1, 0.15) is 39.5 Å². The molecule has 0 aromatic carbocycles. The van der Waals surface area contributed by atoms with E-state index in [9.17, 15) is 9.59 Å². The molecule has 0 spiro atoms.